The summed E-state index contributed by atoms with van der Waals surface area (Å²) in [6.45, 7) is 5.98. The number of hydrogen-bond donors (Lipinski definition) is 3. The Labute approximate surface area is 174 Å². The fraction of sp³-hybridized carbons (Fsp3) is 0.273. The first-order chi connectivity index (χ1) is 14.1. The van der Waals surface area contributed by atoms with Gasteiger partial charge in [0.25, 0.3) is 0 Å². The maximum atomic E-state index is 13.2. The maximum absolute atomic E-state index is 13.2. The summed E-state index contributed by atoms with van der Waals surface area (Å²) in [6.07, 6.45) is 1.73. The monoisotopic (exact) mass is 407 g/mol. The molecule has 3 heterocycles. The Balaban J connectivity index is 1.58. The van der Waals surface area contributed by atoms with Crippen LogP contribution >= 0.6 is 11.6 Å². The average molecular weight is 408 g/mol. The van der Waals surface area contributed by atoms with Crippen molar-refractivity contribution in [1.29, 1.82) is 0 Å². The third-order valence-electron chi connectivity index (χ3n) is 5.52. The second kappa shape index (κ2) is 7.21. The number of piperazine rings is 1. The standard InChI is InChI=1S/C22H22ClN5O/c1-13-10-14(28-8-6-24-7-9-28)11-18-20(13)27-22(26-18)16-12-19(23)25-17-5-3-2-4-15(17)21(16)29/h2-5,10-12,19,24-25H,6-9H2,1H3,(H,26,27). The summed E-state index contributed by atoms with van der Waals surface area (Å²) in [5.74, 6) is 0.463. The van der Waals surface area contributed by atoms with Crippen molar-refractivity contribution in [3.63, 3.8) is 0 Å². The molecule has 3 aromatic rings. The summed E-state index contributed by atoms with van der Waals surface area (Å²) in [5, 5.41) is 6.54. The number of aryl methyl sites for hydroxylation is 1. The molecule has 1 aromatic heterocycles. The van der Waals surface area contributed by atoms with Gasteiger partial charge in [-0.1, -0.05) is 23.7 Å². The summed E-state index contributed by atoms with van der Waals surface area (Å²) in [4.78, 5) is 23.7. The maximum Gasteiger partial charge on any atom is 0.198 e. The van der Waals surface area contributed by atoms with Crippen molar-refractivity contribution in [2.75, 3.05) is 36.4 Å². The fourth-order valence-corrected chi connectivity index (χ4v) is 4.30. The van der Waals surface area contributed by atoms with Gasteiger partial charge in [0.1, 0.15) is 11.3 Å². The lowest BCUT2D eigenvalue weighted by atomic mass is 10.0. The molecule has 148 valence electrons. The van der Waals surface area contributed by atoms with E-state index in [-0.39, 0.29) is 5.78 Å². The van der Waals surface area contributed by atoms with Crippen LogP contribution in [0.3, 0.4) is 0 Å². The quantitative estimate of drug-likeness (QED) is 0.447. The van der Waals surface area contributed by atoms with E-state index in [2.05, 4.69) is 39.6 Å². The number of anilines is 2. The minimum Gasteiger partial charge on any atom is -0.369 e. The molecular formula is C22H22ClN5O. The number of para-hydroxylation sites is 1. The van der Waals surface area contributed by atoms with Gasteiger partial charge in [-0.2, -0.15) is 0 Å². The largest absolute Gasteiger partial charge is 0.369 e. The summed E-state index contributed by atoms with van der Waals surface area (Å²) >= 11 is 6.42. The second-order valence-electron chi connectivity index (χ2n) is 7.48. The molecule has 0 amide bonds. The highest BCUT2D eigenvalue weighted by atomic mass is 35.5. The van der Waals surface area contributed by atoms with Gasteiger partial charge in [0.2, 0.25) is 0 Å². The van der Waals surface area contributed by atoms with Gasteiger partial charge in [0.15, 0.2) is 5.78 Å². The van der Waals surface area contributed by atoms with Gasteiger partial charge in [-0.05, 0) is 42.8 Å². The summed E-state index contributed by atoms with van der Waals surface area (Å²) in [7, 11) is 0. The number of benzene rings is 2. The number of alkyl halides is 1. The highest BCUT2D eigenvalue weighted by Gasteiger charge is 2.25. The van der Waals surface area contributed by atoms with Crippen LogP contribution in [0.2, 0.25) is 0 Å². The van der Waals surface area contributed by atoms with Crippen molar-refractivity contribution >= 4 is 45.4 Å². The molecule has 0 bridgehead atoms. The highest BCUT2D eigenvalue weighted by Crippen LogP contribution is 2.31. The highest BCUT2D eigenvalue weighted by molar-refractivity contribution is 6.33. The van der Waals surface area contributed by atoms with Crippen molar-refractivity contribution < 1.29 is 4.79 Å². The van der Waals surface area contributed by atoms with E-state index >= 15 is 0 Å². The van der Waals surface area contributed by atoms with E-state index in [1.54, 1.807) is 6.08 Å². The number of hydrogen-bond acceptors (Lipinski definition) is 5. The number of carbonyl (C=O) groups is 1. The van der Waals surface area contributed by atoms with Crippen LogP contribution in [0.15, 0.2) is 42.5 Å². The van der Waals surface area contributed by atoms with Gasteiger partial charge in [0.05, 0.1) is 16.6 Å². The zero-order valence-electron chi connectivity index (χ0n) is 16.1. The Hall–Kier alpha value is -2.83. The number of imidazole rings is 1. The van der Waals surface area contributed by atoms with Crippen molar-refractivity contribution in [3.05, 3.63) is 59.4 Å². The molecule has 0 saturated carbocycles. The first kappa shape index (κ1) is 18.2. The molecular weight excluding hydrogens is 386 g/mol. The Bertz CT molecular complexity index is 1130. The number of H-pyrrole nitrogens is 1. The summed E-state index contributed by atoms with van der Waals surface area (Å²) in [5.41, 5.74) is 5.39. The Kier molecular flexibility index (Phi) is 4.53. The number of rotatable bonds is 2. The van der Waals surface area contributed by atoms with Crippen LogP contribution in [0.25, 0.3) is 16.6 Å². The van der Waals surface area contributed by atoms with Gasteiger partial charge in [-0.3, -0.25) is 4.79 Å². The number of halogens is 1. The van der Waals surface area contributed by atoms with Gasteiger partial charge in [0, 0.05) is 43.1 Å². The van der Waals surface area contributed by atoms with E-state index in [4.69, 9.17) is 16.6 Å². The van der Waals surface area contributed by atoms with Crippen LogP contribution in [-0.2, 0) is 0 Å². The van der Waals surface area contributed by atoms with E-state index in [9.17, 15) is 4.79 Å². The predicted molar refractivity (Wildman–Crippen MR) is 118 cm³/mol. The van der Waals surface area contributed by atoms with E-state index in [1.165, 1.54) is 5.69 Å². The molecule has 2 aromatic carbocycles. The molecule has 2 aliphatic rings. The van der Waals surface area contributed by atoms with Crippen LogP contribution < -0.4 is 15.5 Å². The second-order valence-corrected chi connectivity index (χ2v) is 7.95. The number of aromatic amines is 1. The van der Waals surface area contributed by atoms with Crippen LogP contribution in [-0.4, -0.2) is 47.4 Å². The summed E-state index contributed by atoms with van der Waals surface area (Å²) < 4.78 is 0. The van der Waals surface area contributed by atoms with Gasteiger partial charge in [-0.25, -0.2) is 4.98 Å². The zero-order chi connectivity index (χ0) is 20.0. The minimum absolute atomic E-state index is 0.0877. The molecule has 1 atom stereocenters. The number of ketones is 1. The first-order valence-electron chi connectivity index (χ1n) is 9.83. The zero-order valence-corrected chi connectivity index (χ0v) is 16.9. The number of nitrogens with zero attached hydrogens (tertiary/aromatic N) is 2. The molecule has 29 heavy (non-hydrogen) atoms. The van der Waals surface area contributed by atoms with Crippen LogP contribution in [0.1, 0.15) is 21.7 Å². The van der Waals surface area contributed by atoms with Crippen molar-refractivity contribution in [2.24, 2.45) is 0 Å². The van der Waals surface area contributed by atoms with E-state index in [1.807, 2.05) is 24.3 Å². The topological polar surface area (TPSA) is 73.0 Å². The number of fused-ring (bicyclic) bond motifs is 2. The summed E-state index contributed by atoms with van der Waals surface area (Å²) in [6, 6.07) is 11.7. The molecule has 7 heteroatoms. The molecule has 0 radical (unpaired) electrons. The van der Waals surface area contributed by atoms with Gasteiger partial charge >= 0.3 is 0 Å². The SMILES string of the molecule is Cc1cc(N2CCNCC2)cc2[nH]c(C3=CC(Cl)Nc4ccccc4C3=O)nc12. The Morgan fingerprint density at radius 1 is 1.17 bits per heavy atom. The molecule has 5 rings (SSSR count). The third kappa shape index (κ3) is 3.28. The van der Waals surface area contributed by atoms with Crippen LogP contribution in [0.5, 0.6) is 0 Å². The number of aromatic nitrogens is 2. The normalized spacial score (nSPS) is 19.5. The van der Waals surface area contributed by atoms with E-state index < -0.39 is 5.50 Å². The van der Waals surface area contributed by atoms with Gasteiger partial charge in [-0.15, -0.1) is 0 Å². The fourth-order valence-electron chi connectivity index (χ4n) is 4.06. The predicted octanol–water partition coefficient (Wildman–Crippen LogP) is 3.54. The van der Waals surface area contributed by atoms with Crippen molar-refractivity contribution in [3.8, 4) is 0 Å². The molecule has 1 unspecified atom stereocenters. The molecule has 2 aliphatic heterocycles. The molecule has 1 saturated heterocycles. The van der Waals surface area contributed by atoms with E-state index in [0.717, 1.165) is 48.5 Å². The minimum atomic E-state index is -0.497. The number of allylic oxidation sites excluding steroid dienone is 1. The number of nitrogens with one attached hydrogen (secondary N) is 3. The lowest BCUT2D eigenvalue weighted by Gasteiger charge is -2.29. The lowest BCUT2D eigenvalue weighted by Crippen LogP contribution is -2.43. The first-order valence-corrected chi connectivity index (χ1v) is 10.3. The van der Waals surface area contributed by atoms with Crippen LogP contribution in [0.4, 0.5) is 11.4 Å². The van der Waals surface area contributed by atoms with Gasteiger partial charge < -0.3 is 20.5 Å². The van der Waals surface area contributed by atoms with Crippen molar-refractivity contribution in [2.45, 2.75) is 12.4 Å². The number of Topliss-reactive ketones (excluding diaryl/α,β-unsaturated/α-hetero) is 1. The third-order valence-corrected chi connectivity index (χ3v) is 5.76. The Morgan fingerprint density at radius 2 is 1.97 bits per heavy atom. The lowest BCUT2D eigenvalue weighted by molar-refractivity contribution is 0.105. The Morgan fingerprint density at radius 3 is 2.79 bits per heavy atom. The molecule has 0 aliphatic carbocycles. The average Bonchev–Trinajstić information content (AvgIpc) is 3.12. The van der Waals surface area contributed by atoms with Crippen LogP contribution in [0, 0.1) is 6.92 Å². The molecule has 3 N–H and O–H groups in total. The smallest absolute Gasteiger partial charge is 0.198 e. The molecule has 6 nitrogen and oxygen atoms in total. The van der Waals surface area contributed by atoms with E-state index in [0.29, 0.717) is 17.0 Å². The number of carbonyl (C=O) groups excluding carboxylic acids is 1. The molecule has 1 fully saturated rings. The molecule has 0 spiro atoms. The van der Waals surface area contributed by atoms with Crippen molar-refractivity contribution in [1.82, 2.24) is 15.3 Å².